The lowest BCUT2D eigenvalue weighted by atomic mass is 10.0. The predicted molar refractivity (Wildman–Crippen MR) is 82.5 cm³/mol. The monoisotopic (exact) mass is 360 g/mol. The molecule has 0 saturated carbocycles. The van der Waals surface area contributed by atoms with Gasteiger partial charge in [0.1, 0.15) is 12.1 Å². The topological polar surface area (TPSA) is 95.5 Å². The molecule has 1 rings (SSSR count). The van der Waals surface area contributed by atoms with E-state index in [9.17, 15) is 32.7 Å². The number of nitrogens with one attached hydrogen (secondary N) is 2. The van der Waals surface area contributed by atoms with Crippen LogP contribution in [0.1, 0.15) is 19.4 Å². The van der Waals surface area contributed by atoms with Crippen LogP contribution in [0.3, 0.4) is 0 Å². The van der Waals surface area contributed by atoms with Crippen molar-refractivity contribution in [2.24, 2.45) is 5.92 Å². The van der Waals surface area contributed by atoms with Gasteiger partial charge in [0, 0.05) is 6.42 Å². The van der Waals surface area contributed by atoms with Gasteiger partial charge in [-0.25, -0.2) is 4.79 Å². The second kappa shape index (κ2) is 8.50. The zero-order valence-electron chi connectivity index (χ0n) is 13.6. The van der Waals surface area contributed by atoms with Crippen LogP contribution in [0.15, 0.2) is 30.3 Å². The number of carboxylic acid groups (broad SMARTS) is 1. The van der Waals surface area contributed by atoms with Crippen LogP contribution < -0.4 is 10.6 Å². The summed E-state index contributed by atoms with van der Waals surface area (Å²) in [7, 11) is 0. The molecule has 0 heterocycles. The summed E-state index contributed by atoms with van der Waals surface area (Å²) in [6.07, 6.45) is -5.18. The first-order valence-corrected chi connectivity index (χ1v) is 7.47. The van der Waals surface area contributed by atoms with Crippen molar-refractivity contribution in [2.75, 3.05) is 0 Å². The number of halogens is 3. The van der Waals surface area contributed by atoms with E-state index in [0.717, 1.165) is 0 Å². The highest BCUT2D eigenvalue weighted by Crippen LogP contribution is 2.16. The molecule has 3 N–H and O–H groups in total. The van der Waals surface area contributed by atoms with Gasteiger partial charge in [0.2, 0.25) is 5.91 Å². The van der Waals surface area contributed by atoms with Gasteiger partial charge in [0.05, 0.1) is 0 Å². The number of carbonyl (C=O) groups is 3. The molecule has 2 atom stereocenters. The Bertz CT molecular complexity index is 618. The Morgan fingerprint density at radius 1 is 1.08 bits per heavy atom. The maximum atomic E-state index is 12.4. The molecule has 0 spiro atoms. The summed E-state index contributed by atoms with van der Waals surface area (Å²) in [5.74, 6) is -5.24. The standard InChI is InChI=1S/C16H19F3N2O4/c1-9(2)12(21-15(25)16(17,18)19)13(22)20-11(14(23)24)8-10-6-4-3-5-7-10/h3-7,9,11-12H,8H2,1-2H3,(H,20,22)(H,21,25)(H,23,24)/t11-,12+/m1/s1. The lowest BCUT2D eigenvalue weighted by Crippen LogP contribution is -2.56. The van der Waals surface area contributed by atoms with Crippen LogP contribution in [0.5, 0.6) is 0 Å². The van der Waals surface area contributed by atoms with Crippen LogP contribution in [0.4, 0.5) is 13.2 Å². The van der Waals surface area contributed by atoms with E-state index < -0.39 is 42.0 Å². The molecule has 0 bridgehead atoms. The number of carboxylic acids is 1. The van der Waals surface area contributed by atoms with Gasteiger partial charge in [0.25, 0.3) is 0 Å². The first-order valence-electron chi connectivity index (χ1n) is 7.47. The van der Waals surface area contributed by atoms with Crippen LogP contribution in [-0.2, 0) is 20.8 Å². The molecule has 0 radical (unpaired) electrons. The van der Waals surface area contributed by atoms with Gasteiger partial charge in [-0.2, -0.15) is 13.2 Å². The molecule has 2 amide bonds. The van der Waals surface area contributed by atoms with Gasteiger partial charge in [0.15, 0.2) is 0 Å². The maximum Gasteiger partial charge on any atom is 0.471 e. The van der Waals surface area contributed by atoms with Gasteiger partial charge in [-0.3, -0.25) is 9.59 Å². The van der Waals surface area contributed by atoms with Gasteiger partial charge >= 0.3 is 18.1 Å². The zero-order valence-corrected chi connectivity index (χ0v) is 13.6. The summed E-state index contributed by atoms with van der Waals surface area (Å²) in [6, 6.07) is 5.60. The van der Waals surface area contributed by atoms with E-state index in [4.69, 9.17) is 0 Å². The van der Waals surface area contributed by atoms with E-state index >= 15 is 0 Å². The third-order valence-electron chi connectivity index (χ3n) is 3.39. The Balaban J connectivity index is 2.85. The first kappa shape index (κ1) is 20.5. The largest absolute Gasteiger partial charge is 0.480 e. The number of alkyl halides is 3. The highest BCUT2D eigenvalue weighted by molar-refractivity contribution is 5.92. The maximum absolute atomic E-state index is 12.4. The minimum absolute atomic E-state index is 0.0417. The lowest BCUT2D eigenvalue weighted by Gasteiger charge is -2.24. The Labute approximate surface area is 142 Å². The number of amides is 2. The van der Waals surface area contributed by atoms with E-state index in [1.54, 1.807) is 35.6 Å². The van der Waals surface area contributed by atoms with Gasteiger partial charge in [-0.15, -0.1) is 0 Å². The molecule has 1 aromatic rings. The van der Waals surface area contributed by atoms with E-state index in [-0.39, 0.29) is 6.42 Å². The Morgan fingerprint density at radius 2 is 1.64 bits per heavy atom. The highest BCUT2D eigenvalue weighted by Gasteiger charge is 2.41. The predicted octanol–water partition coefficient (Wildman–Crippen LogP) is 1.50. The first-order chi connectivity index (χ1) is 11.5. The molecule has 0 fully saturated rings. The van der Waals surface area contributed by atoms with Crippen molar-refractivity contribution in [3.63, 3.8) is 0 Å². The summed E-state index contributed by atoms with van der Waals surface area (Å²) in [4.78, 5) is 34.6. The summed E-state index contributed by atoms with van der Waals surface area (Å²) < 4.78 is 37.1. The number of carbonyl (C=O) groups excluding carboxylic acids is 2. The van der Waals surface area contributed by atoms with Crippen LogP contribution >= 0.6 is 0 Å². The fourth-order valence-electron chi connectivity index (χ4n) is 2.07. The molecule has 0 aromatic heterocycles. The molecule has 25 heavy (non-hydrogen) atoms. The summed E-state index contributed by atoms with van der Waals surface area (Å²) in [5.41, 5.74) is 0.635. The normalized spacial score (nSPS) is 13.8. The summed E-state index contributed by atoms with van der Waals surface area (Å²) in [6.45, 7) is 2.88. The van der Waals surface area contributed by atoms with Crippen molar-refractivity contribution < 1.29 is 32.7 Å². The summed E-state index contributed by atoms with van der Waals surface area (Å²) >= 11 is 0. The van der Waals surface area contributed by atoms with E-state index in [2.05, 4.69) is 5.32 Å². The SMILES string of the molecule is CC(C)[C@H](NC(=O)C(F)(F)F)C(=O)N[C@H](Cc1ccccc1)C(=O)O. The fraction of sp³-hybridized carbons (Fsp3) is 0.438. The zero-order chi connectivity index (χ0) is 19.2. The average molecular weight is 360 g/mol. The lowest BCUT2D eigenvalue weighted by molar-refractivity contribution is -0.175. The second-order valence-corrected chi connectivity index (χ2v) is 5.78. The third-order valence-corrected chi connectivity index (χ3v) is 3.39. The van der Waals surface area contributed by atoms with Crippen molar-refractivity contribution in [2.45, 2.75) is 38.5 Å². The number of hydrogen-bond donors (Lipinski definition) is 3. The van der Waals surface area contributed by atoms with Crippen molar-refractivity contribution in [3.05, 3.63) is 35.9 Å². The van der Waals surface area contributed by atoms with Crippen molar-refractivity contribution >= 4 is 17.8 Å². The minimum atomic E-state index is -5.14. The average Bonchev–Trinajstić information content (AvgIpc) is 2.51. The second-order valence-electron chi connectivity index (χ2n) is 5.78. The van der Waals surface area contributed by atoms with E-state index in [1.165, 1.54) is 13.8 Å². The number of aliphatic carboxylic acids is 1. The minimum Gasteiger partial charge on any atom is -0.480 e. The Kier molecular flexibility index (Phi) is 6.96. The van der Waals surface area contributed by atoms with Gasteiger partial charge in [-0.1, -0.05) is 44.2 Å². The van der Waals surface area contributed by atoms with Gasteiger partial charge < -0.3 is 15.7 Å². The summed E-state index contributed by atoms with van der Waals surface area (Å²) in [5, 5.41) is 13.0. The van der Waals surface area contributed by atoms with Crippen molar-refractivity contribution in [3.8, 4) is 0 Å². The Hall–Kier alpha value is -2.58. The van der Waals surface area contributed by atoms with Crippen LogP contribution in [0, 0.1) is 5.92 Å². The molecule has 138 valence electrons. The quantitative estimate of drug-likeness (QED) is 0.687. The molecule has 1 aromatic carbocycles. The molecule has 9 heteroatoms. The van der Waals surface area contributed by atoms with E-state index in [1.807, 2.05) is 0 Å². The molecule has 0 aliphatic heterocycles. The number of benzene rings is 1. The van der Waals surface area contributed by atoms with Crippen LogP contribution in [-0.4, -0.2) is 41.2 Å². The van der Waals surface area contributed by atoms with Crippen molar-refractivity contribution in [1.29, 1.82) is 0 Å². The molecule has 0 aliphatic carbocycles. The Morgan fingerprint density at radius 3 is 2.08 bits per heavy atom. The van der Waals surface area contributed by atoms with E-state index in [0.29, 0.717) is 5.56 Å². The molecular formula is C16H19F3N2O4. The highest BCUT2D eigenvalue weighted by atomic mass is 19.4. The van der Waals surface area contributed by atoms with Crippen LogP contribution in [0.2, 0.25) is 0 Å². The molecule has 0 saturated heterocycles. The molecular weight excluding hydrogens is 341 g/mol. The molecule has 0 aliphatic rings. The number of hydrogen-bond acceptors (Lipinski definition) is 3. The smallest absolute Gasteiger partial charge is 0.471 e. The van der Waals surface area contributed by atoms with Gasteiger partial charge in [-0.05, 0) is 11.5 Å². The van der Waals surface area contributed by atoms with Crippen LogP contribution in [0.25, 0.3) is 0 Å². The third kappa shape index (κ3) is 6.44. The van der Waals surface area contributed by atoms with Crippen molar-refractivity contribution in [1.82, 2.24) is 10.6 Å². The molecule has 6 nitrogen and oxygen atoms in total. The number of rotatable bonds is 7. The fourth-order valence-corrected chi connectivity index (χ4v) is 2.07. The molecule has 0 unspecified atom stereocenters.